The van der Waals surface area contributed by atoms with Crippen LogP contribution in [0.1, 0.15) is 30.4 Å². The number of rotatable bonds is 4. The second-order valence-electron chi connectivity index (χ2n) is 3.55. The highest BCUT2D eigenvalue weighted by atomic mass is 31.1. The number of aryl methyl sites for hydroxylation is 1. The van der Waals surface area contributed by atoms with Crippen LogP contribution in [0.3, 0.4) is 0 Å². The zero-order valence-electron chi connectivity index (χ0n) is 8.60. The second kappa shape index (κ2) is 5.23. The summed E-state index contributed by atoms with van der Waals surface area (Å²) in [5.41, 5.74) is 2.38. The Labute approximate surface area is 85.8 Å². The number of hydrogen-bond donors (Lipinski definition) is 1. The lowest BCUT2D eigenvalue weighted by Crippen LogP contribution is -2.00. The van der Waals surface area contributed by atoms with Gasteiger partial charge in [-0.05, 0) is 23.5 Å². The molecule has 2 atom stereocenters. The first-order valence-electron chi connectivity index (χ1n) is 4.83. The fraction of sp³-hybridized carbons (Fsp3) is 0.455. The van der Waals surface area contributed by atoms with E-state index in [0.717, 1.165) is 12.0 Å². The predicted molar refractivity (Wildman–Crippen MR) is 58.9 cm³/mol. The second-order valence-corrected chi connectivity index (χ2v) is 4.62. The zero-order valence-corrected chi connectivity index (χ0v) is 9.50. The topological polar surface area (TPSA) is 37.3 Å². The summed E-state index contributed by atoms with van der Waals surface area (Å²) in [6.45, 7) is 4.08. The van der Waals surface area contributed by atoms with Crippen molar-refractivity contribution in [2.75, 3.05) is 6.16 Å². The molecule has 0 saturated heterocycles. The Morgan fingerprint density at radius 2 is 1.93 bits per heavy atom. The molecular formula is C11H16O2P+. The maximum absolute atomic E-state index is 10.8. The molecular weight excluding hydrogens is 195 g/mol. The van der Waals surface area contributed by atoms with Crippen LogP contribution >= 0.6 is 8.03 Å². The van der Waals surface area contributed by atoms with Gasteiger partial charge in [0.25, 0.3) is 0 Å². The molecule has 76 valence electrons. The smallest absolute Gasteiger partial charge is 0.161 e. The summed E-state index contributed by atoms with van der Waals surface area (Å²) < 4.78 is 10.8. The van der Waals surface area contributed by atoms with Crippen LogP contribution in [0.15, 0.2) is 24.3 Å². The van der Waals surface area contributed by atoms with Crippen LogP contribution < -0.4 is 0 Å². The third kappa shape index (κ3) is 3.21. The molecule has 14 heavy (non-hydrogen) atoms. The summed E-state index contributed by atoms with van der Waals surface area (Å²) in [5, 5.41) is 0. The molecule has 0 aromatic heterocycles. The molecule has 0 aliphatic rings. The molecule has 0 aliphatic heterocycles. The fourth-order valence-electron chi connectivity index (χ4n) is 1.50. The third-order valence-corrected chi connectivity index (χ3v) is 3.17. The molecule has 0 radical (unpaired) electrons. The minimum atomic E-state index is -2.03. The van der Waals surface area contributed by atoms with Crippen molar-refractivity contribution in [3.8, 4) is 0 Å². The normalized spacial score (nSPS) is 13.8. The van der Waals surface area contributed by atoms with E-state index in [1.54, 1.807) is 0 Å². The quantitative estimate of drug-likeness (QED) is 0.776. The molecule has 2 nitrogen and oxygen atoms in total. The predicted octanol–water partition coefficient (Wildman–Crippen LogP) is 3.22. The van der Waals surface area contributed by atoms with Gasteiger partial charge in [-0.3, -0.25) is 0 Å². The highest BCUT2D eigenvalue weighted by molar-refractivity contribution is 7.38. The van der Waals surface area contributed by atoms with Crippen LogP contribution in [0, 0.1) is 6.92 Å². The van der Waals surface area contributed by atoms with Crippen molar-refractivity contribution in [3.05, 3.63) is 35.4 Å². The fourth-order valence-corrected chi connectivity index (χ4v) is 2.34. The minimum absolute atomic E-state index is 0.212. The van der Waals surface area contributed by atoms with E-state index in [0.29, 0.717) is 6.16 Å². The molecule has 0 amide bonds. The van der Waals surface area contributed by atoms with E-state index in [-0.39, 0.29) is 5.92 Å². The Bertz CT molecular complexity index is 306. The summed E-state index contributed by atoms with van der Waals surface area (Å²) in [6, 6.07) is 8.18. The molecule has 1 aromatic carbocycles. The molecule has 1 rings (SSSR count). The zero-order chi connectivity index (χ0) is 10.6. The van der Waals surface area contributed by atoms with Crippen molar-refractivity contribution in [3.63, 3.8) is 0 Å². The van der Waals surface area contributed by atoms with Crippen molar-refractivity contribution in [1.29, 1.82) is 0 Å². The molecule has 3 heteroatoms. The Morgan fingerprint density at radius 3 is 2.36 bits per heavy atom. The van der Waals surface area contributed by atoms with E-state index in [9.17, 15) is 4.57 Å². The SMILES string of the molecule is CCC(C[P+](=O)O)c1ccc(C)cc1. The summed E-state index contributed by atoms with van der Waals surface area (Å²) in [7, 11) is -2.03. The minimum Gasteiger partial charge on any atom is -0.161 e. The van der Waals surface area contributed by atoms with Gasteiger partial charge in [0, 0.05) is 5.92 Å². The lowest BCUT2D eigenvalue weighted by Gasteiger charge is -2.08. The van der Waals surface area contributed by atoms with E-state index in [2.05, 4.69) is 0 Å². The van der Waals surface area contributed by atoms with Crippen LogP contribution in [0.25, 0.3) is 0 Å². The molecule has 1 aromatic rings. The average molecular weight is 211 g/mol. The molecule has 0 spiro atoms. The summed E-state index contributed by atoms with van der Waals surface area (Å²) in [6.07, 6.45) is 1.28. The maximum atomic E-state index is 10.8. The average Bonchev–Trinajstić information content (AvgIpc) is 2.15. The van der Waals surface area contributed by atoms with Crippen LogP contribution in [0.5, 0.6) is 0 Å². The van der Waals surface area contributed by atoms with Gasteiger partial charge in [-0.15, -0.1) is 0 Å². The molecule has 0 bridgehead atoms. The molecule has 0 heterocycles. The van der Waals surface area contributed by atoms with E-state index in [4.69, 9.17) is 4.89 Å². The van der Waals surface area contributed by atoms with Crippen LogP contribution in [-0.2, 0) is 4.57 Å². The van der Waals surface area contributed by atoms with E-state index >= 15 is 0 Å². The third-order valence-electron chi connectivity index (χ3n) is 2.42. The summed E-state index contributed by atoms with van der Waals surface area (Å²) in [5.74, 6) is 0.212. The monoisotopic (exact) mass is 211 g/mol. The van der Waals surface area contributed by atoms with Gasteiger partial charge in [-0.2, -0.15) is 4.89 Å². The Kier molecular flexibility index (Phi) is 4.24. The maximum Gasteiger partial charge on any atom is 0.506 e. The van der Waals surface area contributed by atoms with Gasteiger partial charge in [-0.1, -0.05) is 36.8 Å². The van der Waals surface area contributed by atoms with Crippen molar-refractivity contribution < 1.29 is 9.46 Å². The lowest BCUT2D eigenvalue weighted by atomic mass is 9.98. The molecule has 0 fully saturated rings. The molecule has 1 N–H and O–H groups in total. The van der Waals surface area contributed by atoms with Gasteiger partial charge in [0.05, 0.1) is 0 Å². The van der Waals surface area contributed by atoms with E-state index in [1.807, 2.05) is 38.1 Å². The molecule has 0 aliphatic carbocycles. The summed E-state index contributed by atoms with van der Waals surface area (Å²) >= 11 is 0. The van der Waals surface area contributed by atoms with E-state index in [1.165, 1.54) is 5.56 Å². The van der Waals surface area contributed by atoms with Crippen molar-refractivity contribution >= 4 is 8.03 Å². The van der Waals surface area contributed by atoms with Gasteiger partial charge in [-0.25, -0.2) is 0 Å². The lowest BCUT2D eigenvalue weighted by molar-refractivity contribution is 0.496. The van der Waals surface area contributed by atoms with Gasteiger partial charge in [0.15, 0.2) is 6.16 Å². The Balaban J connectivity index is 2.78. The standard InChI is InChI=1S/C11H15O2P/c1-3-10(8-14(12)13)11-6-4-9(2)5-7-11/h4-7,10H,3,8H2,1-2H3/p+1. The summed E-state index contributed by atoms with van der Waals surface area (Å²) in [4.78, 5) is 8.88. The highest BCUT2D eigenvalue weighted by Gasteiger charge is 2.20. The Hall–Kier alpha value is -0.720. The van der Waals surface area contributed by atoms with Crippen LogP contribution in [-0.4, -0.2) is 11.1 Å². The van der Waals surface area contributed by atoms with Gasteiger partial charge in [0.2, 0.25) is 0 Å². The van der Waals surface area contributed by atoms with Gasteiger partial charge in [0.1, 0.15) is 0 Å². The van der Waals surface area contributed by atoms with Crippen LogP contribution in [0.4, 0.5) is 0 Å². The number of benzene rings is 1. The van der Waals surface area contributed by atoms with Crippen molar-refractivity contribution in [1.82, 2.24) is 0 Å². The largest absolute Gasteiger partial charge is 0.506 e. The van der Waals surface area contributed by atoms with Gasteiger partial charge < -0.3 is 0 Å². The first-order chi connectivity index (χ1) is 6.63. The highest BCUT2D eigenvalue weighted by Crippen LogP contribution is 2.28. The number of hydrogen-bond acceptors (Lipinski definition) is 1. The van der Waals surface area contributed by atoms with Crippen molar-refractivity contribution in [2.45, 2.75) is 26.2 Å². The molecule has 0 saturated carbocycles. The van der Waals surface area contributed by atoms with Crippen LogP contribution in [0.2, 0.25) is 0 Å². The first kappa shape index (κ1) is 11.4. The van der Waals surface area contributed by atoms with Crippen molar-refractivity contribution in [2.24, 2.45) is 0 Å². The van der Waals surface area contributed by atoms with E-state index < -0.39 is 8.03 Å². The first-order valence-corrected chi connectivity index (χ1v) is 6.23. The molecule has 2 unspecified atom stereocenters. The van der Waals surface area contributed by atoms with Gasteiger partial charge >= 0.3 is 8.03 Å². The Morgan fingerprint density at radius 1 is 1.36 bits per heavy atom.